The standard InChI is InChI=1S/C20H24N2O5S/c1-15(27-17-6-3-2-4-7-17)20(23)22-16-9-11-19(12-10-16)28(24,25)21-14-18-8-5-13-26-18/h2-4,6-7,9-12,15,18,21H,5,8,13-14H2,1H3,(H,22,23)/t15-,18+/m0/s1. The molecule has 0 radical (unpaired) electrons. The number of anilines is 1. The maximum absolute atomic E-state index is 12.4. The number of sulfonamides is 1. The molecule has 2 atom stereocenters. The van der Waals surface area contributed by atoms with Gasteiger partial charge in [0, 0.05) is 18.8 Å². The highest BCUT2D eigenvalue weighted by Gasteiger charge is 2.20. The molecule has 8 heteroatoms. The second kappa shape index (κ2) is 9.18. The first kappa shape index (κ1) is 20.3. The van der Waals surface area contributed by atoms with E-state index in [4.69, 9.17) is 9.47 Å². The molecule has 0 unspecified atom stereocenters. The van der Waals surface area contributed by atoms with E-state index in [1.165, 1.54) is 12.1 Å². The van der Waals surface area contributed by atoms with Crippen LogP contribution in [0.5, 0.6) is 5.75 Å². The van der Waals surface area contributed by atoms with Crippen molar-refractivity contribution in [2.45, 2.75) is 36.9 Å². The van der Waals surface area contributed by atoms with Gasteiger partial charge in [0.15, 0.2) is 6.10 Å². The van der Waals surface area contributed by atoms with Crippen LogP contribution in [0.2, 0.25) is 0 Å². The largest absolute Gasteiger partial charge is 0.481 e. The Balaban J connectivity index is 1.55. The highest BCUT2D eigenvalue weighted by atomic mass is 32.2. The molecule has 0 aromatic heterocycles. The summed E-state index contributed by atoms with van der Waals surface area (Å²) in [7, 11) is -3.62. The van der Waals surface area contributed by atoms with Gasteiger partial charge in [-0.25, -0.2) is 13.1 Å². The van der Waals surface area contributed by atoms with E-state index in [0.29, 0.717) is 18.0 Å². The number of amides is 1. The fourth-order valence-electron chi connectivity index (χ4n) is 2.81. The number of hydrogen-bond acceptors (Lipinski definition) is 5. The van der Waals surface area contributed by atoms with Crippen LogP contribution in [0, 0.1) is 0 Å². The van der Waals surface area contributed by atoms with Crippen LogP contribution in [-0.4, -0.2) is 39.7 Å². The number of rotatable bonds is 8. The predicted molar refractivity (Wildman–Crippen MR) is 106 cm³/mol. The van der Waals surface area contributed by atoms with Crippen LogP contribution in [0.15, 0.2) is 59.5 Å². The molecular formula is C20H24N2O5S. The minimum Gasteiger partial charge on any atom is -0.481 e. The molecule has 1 fully saturated rings. The van der Waals surface area contributed by atoms with E-state index in [1.54, 1.807) is 31.2 Å². The van der Waals surface area contributed by atoms with Crippen molar-refractivity contribution < 1.29 is 22.7 Å². The first-order chi connectivity index (χ1) is 13.4. The molecule has 1 saturated heterocycles. The van der Waals surface area contributed by atoms with E-state index in [9.17, 15) is 13.2 Å². The molecular weight excluding hydrogens is 380 g/mol. The highest BCUT2D eigenvalue weighted by Crippen LogP contribution is 2.17. The SMILES string of the molecule is C[C@H](Oc1ccccc1)C(=O)Nc1ccc(S(=O)(=O)NC[C@H]2CCCO2)cc1. The second-order valence-corrected chi connectivity index (χ2v) is 8.34. The summed E-state index contributed by atoms with van der Waals surface area (Å²) in [4.78, 5) is 12.4. The summed E-state index contributed by atoms with van der Waals surface area (Å²) in [6.45, 7) is 2.58. The van der Waals surface area contributed by atoms with Crippen LogP contribution in [0.1, 0.15) is 19.8 Å². The van der Waals surface area contributed by atoms with Crippen LogP contribution in [-0.2, 0) is 19.6 Å². The molecule has 0 bridgehead atoms. The summed E-state index contributed by atoms with van der Waals surface area (Å²) in [5, 5.41) is 2.72. The Labute approximate surface area is 165 Å². The van der Waals surface area contributed by atoms with Crippen molar-refractivity contribution in [2.24, 2.45) is 0 Å². The van der Waals surface area contributed by atoms with Crippen molar-refractivity contribution in [1.29, 1.82) is 0 Å². The number of hydrogen-bond donors (Lipinski definition) is 2. The van der Waals surface area contributed by atoms with Gasteiger partial charge in [-0.2, -0.15) is 0 Å². The average molecular weight is 404 g/mol. The van der Waals surface area contributed by atoms with Crippen molar-refractivity contribution in [1.82, 2.24) is 4.72 Å². The minimum atomic E-state index is -3.62. The van der Waals surface area contributed by atoms with Crippen LogP contribution in [0.4, 0.5) is 5.69 Å². The van der Waals surface area contributed by atoms with E-state index < -0.39 is 16.1 Å². The Morgan fingerprint density at radius 1 is 1.18 bits per heavy atom. The Morgan fingerprint density at radius 2 is 1.89 bits per heavy atom. The number of benzene rings is 2. The topological polar surface area (TPSA) is 93.7 Å². The van der Waals surface area contributed by atoms with Crippen molar-refractivity contribution >= 4 is 21.6 Å². The maximum atomic E-state index is 12.4. The van der Waals surface area contributed by atoms with Gasteiger partial charge in [0.05, 0.1) is 11.0 Å². The molecule has 1 heterocycles. The lowest BCUT2D eigenvalue weighted by Gasteiger charge is -2.15. The normalized spacial score (nSPS) is 17.8. The van der Waals surface area contributed by atoms with Crippen molar-refractivity contribution in [3.8, 4) is 5.75 Å². The zero-order valence-electron chi connectivity index (χ0n) is 15.6. The molecule has 150 valence electrons. The highest BCUT2D eigenvalue weighted by molar-refractivity contribution is 7.89. The van der Waals surface area contributed by atoms with Crippen molar-refractivity contribution in [2.75, 3.05) is 18.5 Å². The number of nitrogens with one attached hydrogen (secondary N) is 2. The third-order valence-corrected chi connectivity index (χ3v) is 5.82. The van der Waals surface area contributed by atoms with Crippen LogP contribution in [0.25, 0.3) is 0 Å². The van der Waals surface area contributed by atoms with Crippen LogP contribution in [0.3, 0.4) is 0 Å². The van der Waals surface area contributed by atoms with E-state index in [-0.39, 0.29) is 23.5 Å². The average Bonchev–Trinajstić information content (AvgIpc) is 3.21. The lowest BCUT2D eigenvalue weighted by molar-refractivity contribution is -0.122. The quantitative estimate of drug-likeness (QED) is 0.705. The molecule has 1 amide bonds. The minimum absolute atomic E-state index is 0.0700. The first-order valence-corrected chi connectivity index (χ1v) is 10.7. The van der Waals surface area contributed by atoms with Crippen molar-refractivity contribution in [3.05, 3.63) is 54.6 Å². The number of carbonyl (C=O) groups excluding carboxylic acids is 1. The second-order valence-electron chi connectivity index (χ2n) is 6.57. The number of carbonyl (C=O) groups is 1. The molecule has 7 nitrogen and oxygen atoms in total. The van der Waals surface area contributed by atoms with Gasteiger partial charge in [-0.1, -0.05) is 18.2 Å². The first-order valence-electron chi connectivity index (χ1n) is 9.18. The number of para-hydroxylation sites is 1. The molecule has 0 aliphatic carbocycles. The summed E-state index contributed by atoms with van der Waals surface area (Å²) in [6.07, 6.45) is 1.04. The Morgan fingerprint density at radius 3 is 2.54 bits per heavy atom. The summed E-state index contributed by atoms with van der Waals surface area (Å²) < 4.78 is 38.3. The maximum Gasteiger partial charge on any atom is 0.265 e. The molecule has 1 aliphatic heterocycles. The van der Waals surface area contributed by atoms with Gasteiger partial charge >= 0.3 is 0 Å². The molecule has 0 saturated carbocycles. The zero-order valence-corrected chi connectivity index (χ0v) is 16.4. The predicted octanol–water partition coefficient (Wildman–Crippen LogP) is 2.55. The van der Waals surface area contributed by atoms with E-state index in [0.717, 1.165) is 12.8 Å². The monoisotopic (exact) mass is 404 g/mol. The summed E-state index contributed by atoms with van der Waals surface area (Å²) in [5.41, 5.74) is 0.492. The van der Waals surface area contributed by atoms with Crippen LogP contribution >= 0.6 is 0 Å². The number of ether oxygens (including phenoxy) is 2. The summed E-state index contributed by atoms with van der Waals surface area (Å²) >= 11 is 0. The molecule has 28 heavy (non-hydrogen) atoms. The van der Waals surface area contributed by atoms with Gasteiger partial charge < -0.3 is 14.8 Å². The molecule has 2 aromatic rings. The molecule has 2 N–H and O–H groups in total. The lowest BCUT2D eigenvalue weighted by Crippen LogP contribution is -2.32. The summed E-state index contributed by atoms with van der Waals surface area (Å²) in [5.74, 6) is 0.278. The smallest absolute Gasteiger partial charge is 0.265 e. The van der Waals surface area contributed by atoms with Gasteiger partial charge in [0.2, 0.25) is 10.0 Å². The van der Waals surface area contributed by atoms with Gasteiger partial charge in [-0.05, 0) is 56.2 Å². The van der Waals surface area contributed by atoms with Crippen LogP contribution < -0.4 is 14.8 Å². The molecule has 3 rings (SSSR count). The van der Waals surface area contributed by atoms with E-state index in [1.807, 2.05) is 18.2 Å². The fraction of sp³-hybridized carbons (Fsp3) is 0.350. The van der Waals surface area contributed by atoms with E-state index in [2.05, 4.69) is 10.0 Å². The van der Waals surface area contributed by atoms with Gasteiger partial charge in [0.1, 0.15) is 5.75 Å². The van der Waals surface area contributed by atoms with Crippen molar-refractivity contribution in [3.63, 3.8) is 0 Å². The Kier molecular flexibility index (Phi) is 6.66. The molecule has 2 aromatic carbocycles. The Bertz CT molecular complexity index is 879. The van der Waals surface area contributed by atoms with Gasteiger partial charge in [0.25, 0.3) is 5.91 Å². The fourth-order valence-corrected chi connectivity index (χ4v) is 3.88. The third kappa shape index (κ3) is 5.54. The zero-order chi connectivity index (χ0) is 20.0. The van der Waals surface area contributed by atoms with E-state index >= 15 is 0 Å². The molecule has 0 spiro atoms. The third-order valence-electron chi connectivity index (χ3n) is 4.38. The molecule has 1 aliphatic rings. The van der Waals surface area contributed by atoms with Gasteiger partial charge in [-0.3, -0.25) is 4.79 Å². The lowest BCUT2D eigenvalue weighted by atomic mass is 10.2. The Hall–Kier alpha value is -2.42. The summed E-state index contributed by atoms with van der Waals surface area (Å²) in [6, 6.07) is 15.1. The van der Waals surface area contributed by atoms with Gasteiger partial charge in [-0.15, -0.1) is 0 Å².